The monoisotopic (exact) mass is 925 g/mol. The molecule has 0 amide bonds. The van der Waals surface area contributed by atoms with Crippen molar-refractivity contribution < 1.29 is 28.5 Å². The second kappa shape index (κ2) is 18.3. The molecular weight excluding hydrogens is 894 g/mol. The van der Waals surface area contributed by atoms with Gasteiger partial charge in [0.2, 0.25) is 0 Å². The van der Waals surface area contributed by atoms with E-state index in [1.165, 1.54) is 0 Å². The zero-order valence-electron chi connectivity index (χ0n) is 29.3. The van der Waals surface area contributed by atoms with Crippen LogP contribution in [0.4, 0.5) is 0 Å². The molecule has 0 bridgehead atoms. The van der Waals surface area contributed by atoms with Gasteiger partial charge in [0.05, 0.1) is 35.5 Å². The molecule has 278 valence electrons. The number of aromatic nitrogens is 3. The molecule has 3 aromatic carbocycles. The molecular formula is C43H34Br3N3O6. The molecule has 0 aliphatic heterocycles. The van der Waals surface area contributed by atoms with Crippen LogP contribution in [0.5, 0.6) is 17.2 Å². The van der Waals surface area contributed by atoms with E-state index in [1.54, 1.807) is 42.9 Å². The van der Waals surface area contributed by atoms with Crippen LogP contribution in [0.25, 0.3) is 33.8 Å². The quantitative estimate of drug-likeness (QED) is 0.0513. The molecule has 1 fully saturated rings. The number of carbonyl (C=O) groups is 2. The SMILES string of the molecule is O=C(Oc1ccc(-c2ccc(Br)cn2)cc1)C1CC(COCOc2ccc(-c3ccc(Br)cn3)cc2)CC(C(=O)Oc2ccc(-c3ccc(Br)cn3)cc2)C1. The van der Waals surface area contributed by atoms with Crippen molar-refractivity contribution in [1.29, 1.82) is 0 Å². The van der Waals surface area contributed by atoms with Gasteiger partial charge in [-0.3, -0.25) is 24.5 Å². The highest BCUT2D eigenvalue weighted by Gasteiger charge is 2.38. The van der Waals surface area contributed by atoms with Gasteiger partial charge in [-0.15, -0.1) is 0 Å². The summed E-state index contributed by atoms with van der Waals surface area (Å²) in [5.74, 6) is -0.525. The molecule has 6 aromatic rings. The Hall–Kier alpha value is -4.75. The molecule has 0 spiro atoms. The highest BCUT2D eigenvalue weighted by Crippen LogP contribution is 2.36. The lowest BCUT2D eigenvalue weighted by Crippen LogP contribution is -2.37. The van der Waals surface area contributed by atoms with Crippen LogP contribution in [0.2, 0.25) is 0 Å². The third-order valence-corrected chi connectivity index (χ3v) is 10.6. The molecule has 9 nitrogen and oxygen atoms in total. The lowest BCUT2D eigenvalue weighted by molar-refractivity contribution is -0.147. The second-order valence-electron chi connectivity index (χ2n) is 13.1. The highest BCUT2D eigenvalue weighted by molar-refractivity contribution is 9.11. The molecule has 1 aliphatic carbocycles. The van der Waals surface area contributed by atoms with Crippen LogP contribution >= 0.6 is 47.8 Å². The van der Waals surface area contributed by atoms with E-state index >= 15 is 0 Å². The minimum atomic E-state index is -0.542. The number of carbonyl (C=O) groups excluding carboxylic acids is 2. The summed E-state index contributed by atoms with van der Waals surface area (Å²) in [4.78, 5) is 40.5. The van der Waals surface area contributed by atoms with Crippen LogP contribution < -0.4 is 14.2 Å². The molecule has 3 aromatic heterocycles. The van der Waals surface area contributed by atoms with Crippen molar-refractivity contribution in [3.63, 3.8) is 0 Å². The van der Waals surface area contributed by atoms with Gasteiger partial charge < -0.3 is 18.9 Å². The van der Waals surface area contributed by atoms with E-state index in [0.29, 0.717) is 36.5 Å². The fourth-order valence-electron chi connectivity index (χ4n) is 6.43. The van der Waals surface area contributed by atoms with Crippen molar-refractivity contribution in [2.75, 3.05) is 13.4 Å². The number of rotatable bonds is 12. The summed E-state index contributed by atoms with van der Waals surface area (Å²) in [5, 5.41) is 0. The van der Waals surface area contributed by atoms with E-state index in [2.05, 4.69) is 62.7 Å². The maximum atomic E-state index is 13.6. The summed E-state index contributed by atoms with van der Waals surface area (Å²) in [6.07, 6.45) is 6.51. The predicted octanol–water partition coefficient (Wildman–Crippen LogP) is 10.8. The molecule has 3 heterocycles. The molecule has 0 saturated heterocycles. The smallest absolute Gasteiger partial charge is 0.314 e. The molecule has 2 atom stereocenters. The number of nitrogens with zero attached hydrogens (tertiary/aromatic N) is 3. The van der Waals surface area contributed by atoms with Crippen molar-refractivity contribution in [2.45, 2.75) is 19.3 Å². The van der Waals surface area contributed by atoms with Gasteiger partial charge in [0.15, 0.2) is 6.79 Å². The average molecular weight is 928 g/mol. The standard InChI is InChI=1S/C43H34Br3N3O6/c44-33-7-16-39(47-22-33)28-1-10-36(11-2-28)53-26-52-25-27-19-31(42(50)54-37-12-3-29(4-13-37)40-17-8-34(45)23-48-40)21-32(20-27)43(51)55-38-14-5-30(6-15-38)41-18-9-35(46)24-49-41/h1-18,22-24,27,31-32H,19-21,25-26H2. The summed E-state index contributed by atoms with van der Waals surface area (Å²) in [5.41, 5.74) is 5.22. The van der Waals surface area contributed by atoms with Crippen molar-refractivity contribution in [1.82, 2.24) is 15.0 Å². The van der Waals surface area contributed by atoms with Crippen molar-refractivity contribution in [2.24, 2.45) is 17.8 Å². The Bertz CT molecular complexity index is 2090. The van der Waals surface area contributed by atoms with Gasteiger partial charge in [-0.1, -0.05) is 0 Å². The maximum absolute atomic E-state index is 13.6. The minimum Gasteiger partial charge on any atom is -0.468 e. The molecule has 0 N–H and O–H groups in total. The number of pyridine rings is 3. The van der Waals surface area contributed by atoms with Gasteiger partial charge in [0.1, 0.15) is 17.2 Å². The normalized spacial score (nSPS) is 16.6. The Morgan fingerprint density at radius 2 is 0.891 bits per heavy atom. The topological polar surface area (TPSA) is 110 Å². The van der Waals surface area contributed by atoms with Crippen molar-refractivity contribution in [3.05, 3.63) is 141 Å². The average Bonchev–Trinajstić information content (AvgIpc) is 3.21. The van der Waals surface area contributed by atoms with E-state index in [9.17, 15) is 9.59 Å². The van der Waals surface area contributed by atoms with Gasteiger partial charge in [0, 0.05) is 48.7 Å². The number of benzene rings is 3. The molecule has 7 rings (SSSR count). The Balaban J connectivity index is 0.985. The summed E-state index contributed by atoms with van der Waals surface area (Å²) in [6.45, 7) is 0.300. The Labute approximate surface area is 343 Å². The first-order chi connectivity index (χ1) is 26.8. The number of hydrogen-bond donors (Lipinski definition) is 0. The van der Waals surface area contributed by atoms with Crippen molar-refractivity contribution in [3.8, 4) is 51.0 Å². The lowest BCUT2D eigenvalue weighted by atomic mass is 9.75. The van der Waals surface area contributed by atoms with Gasteiger partial charge in [-0.05, 0) is 182 Å². The maximum Gasteiger partial charge on any atom is 0.314 e. The summed E-state index contributed by atoms with van der Waals surface area (Å²) in [6, 6.07) is 33.6. The summed E-state index contributed by atoms with van der Waals surface area (Å²) < 4.78 is 26.2. The largest absolute Gasteiger partial charge is 0.468 e. The molecule has 55 heavy (non-hydrogen) atoms. The Kier molecular flexibility index (Phi) is 12.8. The third-order valence-electron chi connectivity index (χ3n) is 9.20. The van der Waals surface area contributed by atoms with E-state index in [-0.39, 0.29) is 19.3 Å². The van der Waals surface area contributed by atoms with Crippen LogP contribution in [0.1, 0.15) is 19.3 Å². The fourth-order valence-corrected chi connectivity index (χ4v) is 7.13. The number of halogens is 3. The van der Waals surface area contributed by atoms with Gasteiger partial charge in [0.25, 0.3) is 0 Å². The van der Waals surface area contributed by atoms with Crippen LogP contribution in [0.3, 0.4) is 0 Å². The van der Waals surface area contributed by atoms with Gasteiger partial charge >= 0.3 is 11.9 Å². The fraction of sp³-hybridized carbons (Fsp3) is 0.186. The number of ether oxygens (including phenoxy) is 4. The van der Waals surface area contributed by atoms with Crippen LogP contribution in [0.15, 0.2) is 141 Å². The molecule has 1 saturated carbocycles. The van der Waals surface area contributed by atoms with Crippen LogP contribution in [-0.4, -0.2) is 40.3 Å². The zero-order valence-corrected chi connectivity index (χ0v) is 34.1. The lowest BCUT2D eigenvalue weighted by Gasteiger charge is -2.32. The Morgan fingerprint density at radius 1 is 0.509 bits per heavy atom. The minimum absolute atomic E-state index is 0.00967. The van der Waals surface area contributed by atoms with Crippen molar-refractivity contribution >= 4 is 59.7 Å². The molecule has 12 heteroatoms. The van der Waals surface area contributed by atoms with Gasteiger partial charge in [-0.2, -0.15) is 0 Å². The summed E-state index contributed by atoms with van der Waals surface area (Å²) in [7, 11) is 0. The second-order valence-corrected chi connectivity index (χ2v) is 15.8. The van der Waals surface area contributed by atoms with Crippen LogP contribution in [-0.2, 0) is 14.3 Å². The predicted molar refractivity (Wildman–Crippen MR) is 219 cm³/mol. The van der Waals surface area contributed by atoms with E-state index in [1.807, 2.05) is 84.9 Å². The summed E-state index contributed by atoms with van der Waals surface area (Å²) >= 11 is 10.2. The first-order valence-corrected chi connectivity index (χ1v) is 19.9. The Morgan fingerprint density at radius 3 is 1.25 bits per heavy atom. The van der Waals surface area contributed by atoms with E-state index in [4.69, 9.17) is 18.9 Å². The van der Waals surface area contributed by atoms with Crippen LogP contribution in [0, 0.1) is 17.8 Å². The number of esters is 2. The van der Waals surface area contributed by atoms with Gasteiger partial charge in [-0.25, -0.2) is 0 Å². The molecule has 0 radical (unpaired) electrons. The first kappa shape index (κ1) is 38.5. The first-order valence-electron chi connectivity index (χ1n) is 17.6. The number of hydrogen-bond acceptors (Lipinski definition) is 9. The zero-order chi connectivity index (χ0) is 38.1. The van der Waals surface area contributed by atoms with E-state index < -0.39 is 23.8 Å². The highest BCUT2D eigenvalue weighted by atomic mass is 79.9. The third kappa shape index (κ3) is 10.5. The molecule has 2 unspecified atom stereocenters. The molecule has 1 aliphatic rings. The van der Waals surface area contributed by atoms with E-state index in [0.717, 1.165) is 47.2 Å².